The molecule has 0 fully saturated rings. The number of H-pyrrole nitrogens is 1. The lowest BCUT2D eigenvalue weighted by atomic mass is 10.5. The molecule has 0 spiro atoms. The Labute approximate surface area is 65.4 Å². The van der Waals surface area contributed by atoms with E-state index >= 15 is 0 Å². The lowest BCUT2D eigenvalue weighted by Gasteiger charge is -1.85. The average molecular weight is 167 g/mol. The summed E-state index contributed by atoms with van der Waals surface area (Å²) < 4.78 is 5.85. The minimum atomic E-state index is -0.666. The third-order valence-corrected chi connectivity index (χ3v) is 1.39. The standard InChI is InChI=1S/C6H5N3O3/c1-3-2-4-7-5(10)8-6(11)9(4)12-3/h2H,1H3,(H,8,10,11). The minimum absolute atomic E-state index is 0.223. The van der Waals surface area contributed by atoms with Gasteiger partial charge in [-0.3, -0.25) is 4.98 Å². The number of hydrogen-bond acceptors (Lipinski definition) is 4. The zero-order chi connectivity index (χ0) is 8.72. The Balaban J connectivity index is 3.08. The third kappa shape index (κ3) is 0.849. The normalized spacial score (nSPS) is 10.8. The molecule has 0 aliphatic heterocycles. The topological polar surface area (TPSA) is 80.4 Å². The molecule has 1 N–H and O–H groups in total. The Bertz CT molecular complexity index is 533. The van der Waals surface area contributed by atoms with E-state index in [9.17, 15) is 9.59 Å². The lowest BCUT2D eigenvalue weighted by molar-refractivity contribution is 0.338. The Kier molecular flexibility index (Phi) is 1.18. The van der Waals surface area contributed by atoms with Gasteiger partial charge in [0.1, 0.15) is 5.76 Å². The summed E-state index contributed by atoms with van der Waals surface area (Å²) in [5.41, 5.74) is -1.06. The van der Waals surface area contributed by atoms with E-state index in [0.717, 1.165) is 4.57 Å². The lowest BCUT2D eigenvalue weighted by Crippen LogP contribution is -2.26. The molecule has 2 aromatic rings. The van der Waals surface area contributed by atoms with Gasteiger partial charge in [-0.15, -0.1) is 4.57 Å². The number of nitrogens with one attached hydrogen (secondary N) is 1. The molecule has 0 atom stereocenters. The van der Waals surface area contributed by atoms with Crippen molar-refractivity contribution in [2.24, 2.45) is 0 Å². The summed E-state index contributed by atoms with van der Waals surface area (Å²) in [6, 6.07) is 1.51. The van der Waals surface area contributed by atoms with Crippen LogP contribution in [0.4, 0.5) is 0 Å². The highest BCUT2D eigenvalue weighted by atomic mass is 16.5. The second kappa shape index (κ2) is 2.07. The molecule has 0 saturated carbocycles. The smallest absolute Gasteiger partial charge is 0.365 e. The van der Waals surface area contributed by atoms with Crippen molar-refractivity contribution in [3.05, 3.63) is 32.8 Å². The summed E-state index contributed by atoms with van der Waals surface area (Å²) in [4.78, 5) is 27.2. The first-order chi connectivity index (χ1) is 5.66. The van der Waals surface area contributed by atoms with Gasteiger partial charge in [-0.2, -0.15) is 4.98 Å². The Hall–Kier alpha value is -1.85. The van der Waals surface area contributed by atoms with Crippen molar-refractivity contribution in [2.45, 2.75) is 6.92 Å². The second-order valence-corrected chi connectivity index (χ2v) is 2.35. The van der Waals surface area contributed by atoms with E-state index < -0.39 is 11.4 Å². The summed E-state index contributed by atoms with van der Waals surface area (Å²) >= 11 is 0. The van der Waals surface area contributed by atoms with E-state index in [-0.39, 0.29) is 5.65 Å². The Morgan fingerprint density at radius 3 is 3.08 bits per heavy atom. The van der Waals surface area contributed by atoms with Crippen molar-refractivity contribution in [3.8, 4) is 0 Å². The van der Waals surface area contributed by atoms with Crippen molar-refractivity contribution in [1.29, 1.82) is 0 Å². The van der Waals surface area contributed by atoms with E-state index in [0.29, 0.717) is 5.76 Å². The summed E-state index contributed by atoms with van der Waals surface area (Å²) in [5.74, 6) is 0.526. The van der Waals surface area contributed by atoms with Crippen molar-refractivity contribution < 1.29 is 4.52 Å². The van der Waals surface area contributed by atoms with E-state index in [1.54, 1.807) is 6.92 Å². The number of rotatable bonds is 0. The minimum Gasteiger partial charge on any atom is -0.374 e. The van der Waals surface area contributed by atoms with E-state index in [2.05, 4.69) is 4.98 Å². The predicted octanol–water partition coefficient (Wildman–Crippen LogP) is -0.716. The number of aromatic nitrogens is 3. The highest BCUT2D eigenvalue weighted by Crippen LogP contribution is 1.99. The van der Waals surface area contributed by atoms with E-state index in [4.69, 9.17) is 4.52 Å². The van der Waals surface area contributed by atoms with Gasteiger partial charge < -0.3 is 4.52 Å². The number of nitrogens with zero attached hydrogens (tertiary/aromatic N) is 2. The van der Waals surface area contributed by atoms with Crippen LogP contribution in [-0.4, -0.2) is 14.5 Å². The largest absolute Gasteiger partial charge is 0.374 e. The van der Waals surface area contributed by atoms with Crippen LogP contribution in [0.5, 0.6) is 0 Å². The second-order valence-electron chi connectivity index (χ2n) is 2.35. The summed E-state index contributed by atoms with van der Waals surface area (Å²) in [7, 11) is 0. The van der Waals surface area contributed by atoms with Crippen molar-refractivity contribution >= 4 is 5.65 Å². The molecule has 62 valence electrons. The molecular formula is C6H5N3O3. The highest BCUT2D eigenvalue weighted by Gasteiger charge is 2.03. The molecule has 6 nitrogen and oxygen atoms in total. The summed E-state index contributed by atoms with van der Waals surface area (Å²) in [6.45, 7) is 1.67. The highest BCUT2D eigenvalue weighted by molar-refractivity contribution is 5.34. The van der Waals surface area contributed by atoms with Gasteiger partial charge in [0, 0.05) is 6.07 Å². The first-order valence-electron chi connectivity index (χ1n) is 3.27. The summed E-state index contributed by atoms with van der Waals surface area (Å²) in [6.07, 6.45) is 0. The van der Waals surface area contributed by atoms with Crippen LogP contribution in [0, 0.1) is 6.92 Å². The quantitative estimate of drug-likeness (QED) is 0.561. The van der Waals surface area contributed by atoms with Crippen LogP contribution in [-0.2, 0) is 0 Å². The molecule has 6 heteroatoms. The third-order valence-electron chi connectivity index (χ3n) is 1.39. The molecule has 0 aliphatic rings. The maximum atomic E-state index is 11.0. The fourth-order valence-corrected chi connectivity index (χ4v) is 0.955. The molecule has 0 aliphatic carbocycles. The molecule has 0 aromatic carbocycles. The zero-order valence-corrected chi connectivity index (χ0v) is 6.20. The van der Waals surface area contributed by atoms with Crippen LogP contribution in [0.25, 0.3) is 5.65 Å². The Morgan fingerprint density at radius 2 is 2.33 bits per heavy atom. The van der Waals surface area contributed by atoms with Gasteiger partial charge in [0.25, 0.3) is 0 Å². The van der Waals surface area contributed by atoms with Gasteiger partial charge >= 0.3 is 11.4 Å². The van der Waals surface area contributed by atoms with Gasteiger partial charge in [0.2, 0.25) is 0 Å². The van der Waals surface area contributed by atoms with Gasteiger partial charge in [-0.1, -0.05) is 0 Å². The van der Waals surface area contributed by atoms with Gasteiger partial charge in [0.15, 0.2) is 5.65 Å². The molecule has 0 amide bonds. The molecular weight excluding hydrogens is 162 g/mol. The van der Waals surface area contributed by atoms with Crippen LogP contribution in [0.2, 0.25) is 0 Å². The van der Waals surface area contributed by atoms with Crippen molar-refractivity contribution in [2.75, 3.05) is 0 Å². The number of fused-ring (bicyclic) bond motifs is 1. The first kappa shape index (κ1) is 6.84. The number of aryl methyl sites for hydroxylation is 1. The monoisotopic (exact) mass is 167 g/mol. The maximum absolute atomic E-state index is 11.0. The SMILES string of the molecule is Cc1cc2nc(=O)[nH]c(=O)n2o1. The Morgan fingerprint density at radius 1 is 1.58 bits per heavy atom. The molecule has 0 unspecified atom stereocenters. The van der Waals surface area contributed by atoms with Crippen molar-refractivity contribution in [1.82, 2.24) is 14.5 Å². The van der Waals surface area contributed by atoms with Crippen molar-refractivity contribution in [3.63, 3.8) is 0 Å². The molecule has 2 rings (SSSR count). The maximum Gasteiger partial charge on any atom is 0.365 e. The molecule has 12 heavy (non-hydrogen) atoms. The fourth-order valence-electron chi connectivity index (χ4n) is 0.955. The van der Waals surface area contributed by atoms with E-state index in [1.165, 1.54) is 6.07 Å². The first-order valence-corrected chi connectivity index (χ1v) is 3.27. The number of hydrogen-bond donors (Lipinski definition) is 1. The van der Waals surface area contributed by atoms with Crippen LogP contribution in [0.1, 0.15) is 5.76 Å². The van der Waals surface area contributed by atoms with Crippen LogP contribution >= 0.6 is 0 Å². The van der Waals surface area contributed by atoms with Gasteiger partial charge in [-0.25, -0.2) is 9.59 Å². The average Bonchev–Trinajstić information content (AvgIpc) is 2.29. The molecule has 0 bridgehead atoms. The molecule has 2 aromatic heterocycles. The van der Waals surface area contributed by atoms with Crippen LogP contribution in [0.15, 0.2) is 20.2 Å². The van der Waals surface area contributed by atoms with E-state index in [1.807, 2.05) is 4.98 Å². The molecule has 0 saturated heterocycles. The van der Waals surface area contributed by atoms with Crippen LogP contribution < -0.4 is 11.4 Å². The van der Waals surface area contributed by atoms with Gasteiger partial charge in [0.05, 0.1) is 0 Å². The predicted molar refractivity (Wildman–Crippen MR) is 39.1 cm³/mol. The number of aromatic amines is 1. The van der Waals surface area contributed by atoms with Gasteiger partial charge in [-0.05, 0) is 6.92 Å². The fraction of sp³-hybridized carbons (Fsp3) is 0.167. The summed E-state index contributed by atoms with van der Waals surface area (Å²) in [5, 5.41) is 0. The van der Waals surface area contributed by atoms with Crippen LogP contribution in [0.3, 0.4) is 0 Å². The molecule has 2 heterocycles. The molecule has 0 radical (unpaired) electrons. The zero-order valence-electron chi connectivity index (χ0n) is 6.20.